The van der Waals surface area contributed by atoms with E-state index in [-0.39, 0.29) is 48.9 Å². The van der Waals surface area contributed by atoms with Gasteiger partial charge in [0.25, 0.3) is 0 Å². The molecule has 0 radical (unpaired) electrons. The van der Waals surface area contributed by atoms with Gasteiger partial charge in [-0.25, -0.2) is 0 Å². The highest BCUT2D eigenvalue weighted by atomic mass is 32.2. The molecule has 3 rings (SSSR count). The quantitative estimate of drug-likeness (QED) is 0.473. The first-order valence-electron chi connectivity index (χ1n) is 8.99. The summed E-state index contributed by atoms with van der Waals surface area (Å²) in [5.41, 5.74) is -1.33. The van der Waals surface area contributed by atoms with E-state index < -0.39 is 23.4 Å². The number of thiophene rings is 1. The Kier molecular flexibility index (Phi) is 6.29. The van der Waals surface area contributed by atoms with Gasteiger partial charge in [0.1, 0.15) is 23.4 Å². The summed E-state index contributed by atoms with van der Waals surface area (Å²) in [6.07, 6.45) is 1.06. The lowest BCUT2D eigenvalue weighted by molar-refractivity contribution is -0.165. The summed E-state index contributed by atoms with van der Waals surface area (Å²) in [6.45, 7) is 1.54. The van der Waals surface area contributed by atoms with Crippen molar-refractivity contribution in [3.05, 3.63) is 22.4 Å². The Bertz CT molecular complexity index is 768. The second-order valence-electron chi connectivity index (χ2n) is 6.97. The molecule has 2 aliphatic rings. The van der Waals surface area contributed by atoms with Gasteiger partial charge in [-0.1, -0.05) is 13.0 Å². The zero-order chi connectivity index (χ0) is 20.3. The molecular weight excluding hydrogens is 404 g/mol. The fourth-order valence-electron chi connectivity index (χ4n) is 3.20. The van der Waals surface area contributed by atoms with Crippen LogP contribution < -0.4 is 5.32 Å². The maximum Gasteiger partial charge on any atom is 0.315 e. The van der Waals surface area contributed by atoms with Crippen LogP contribution in [0.15, 0.2) is 17.5 Å². The number of rotatable bonds is 8. The molecule has 2 N–H and O–H groups in total. The van der Waals surface area contributed by atoms with Crippen molar-refractivity contribution in [2.45, 2.75) is 37.6 Å². The number of amides is 2. The van der Waals surface area contributed by atoms with Crippen LogP contribution in [0.1, 0.15) is 24.6 Å². The third-order valence-corrected chi connectivity index (χ3v) is 7.26. The monoisotopic (exact) mass is 426 g/mol. The molecule has 10 heteroatoms. The van der Waals surface area contributed by atoms with Crippen molar-refractivity contribution in [1.29, 1.82) is 0 Å². The average molecular weight is 427 g/mol. The summed E-state index contributed by atoms with van der Waals surface area (Å²) in [5.74, 6) is -1.87. The second-order valence-corrected chi connectivity index (χ2v) is 9.10. The predicted molar refractivity (Wildman–Crippen MR) is 104 cm³/mol. The topological polar surface area (TPSA) is 113 Å². The number of β-lactam (4-membered cyclic amide) rings is 1. The molecule has 2 unspecified atom stereocenters. The van der Waals surface area contributed by atoms with Gasteiger partial charge in [-0.3, -0.25) is 19.2 Å². The number of ether oxygens (including phenoxy) is 1. The van der Waals surface area contributed by atoms with Crippen LogP contribution in [0, 0.1) is 5.41 Å². The Morgan fingerprint density at radius 3 is 2.86 bits per heavy atom. The fourth-order valence-corrected chi connectivity index (χ4v) is 5.42. The molecule has 1 aromatic heterocycles. The van der Waals surface area contributed by atoms with Gasteiger partial charge >= 0.3 is 11.9 Å². The zero-order valence-corrected chi connectivity index (χ0v) is 17.0. The average Bonchev–Trinajstić information content (AvgIpc) is 3.17. The van der Waals surface area contributed by atoms with E-state index in [0.717, 1.165) is 4.88 Å². The van der Waals surface area contributed by atoms with E-state index in [4.69, 9.17) is 4.74 Å². The lowest BCUT2D eigenvalue weighted by Gasteiger charge is -2.53. The summed E-state index contributed by atoms with van der Waals surface area (Å²) in [4.78, 5) is 50.5. The van der Waals surface area contributed by atoms with Crippen molar-refractivity contribution in [2.75, 3.05) is 18.9 Å². The van der Waals surface area contributed by atoms with Crippen LogP contribution in [0.5, 0.6) is 0 Å². The summed E-state index contributed by atoms with van der Waals surface area (Å²) < 4.78 is 5.14. The van der Waals surface area contributed by atoms with Crippen LogP contribution in [0.2, 0.25) is 0 Å². The lowest BCUT2D eigenvalue weighted by Crippen LogP contribution is -2.74. The molecule has 0 saturated carbocycles. The molecule has 2 amide bonds. The second kappa shape index (κ2) is 8.52. The number of nitrogens with zero attached hydrogens (tertiary/aromatic N) is 1. The largest absolute Gasteiger partial charge is 0.481 e. The molecule has 0 aliphatic carbocycles. The maximum absolute atomic E-state index is 12.5. The van der Waals surface area contributed by atoms with Crippen molar-refractivity contribution >= 4 is 46.9 Å². The number of carboxylic acids is 1. The van der Waals surface area contributed by atoms with Crippen molar-refractivity contribution in [1.82, 2.24) is 10.2 Å². The first-order chi connectivity index (χ1) is 13.4. The smallest absolute Gasteiger partial charge is 0.315 e. The van der Waals surface area contributed by atoms with E-state index in [1.165, 1.54) is 28.0 Å². The fraction of sp³-hybridized carbons (Fsp3) is 0.556. The van der Waals surface area contributed by atoms with Crippen LogP contribution in [0.25, 0.3) is 0 Å². The molecule has 2 saturated heterocycles. The molecule has 8 nitrogen and oxygen atoms in total. The number of hydrogen-bond acceptors (Lipinski definition) is 7. The van der Waals surface area contributed by atoms with Gasteiger partial charge in [-0.2, -0.15) is 0 Å². The molecule has 2 aliphatic heterocycles. The summed E-state index contributed by atoms with van der Waals surface area (Å²) in [5, 5.41) is 14.0. The molecule has 28 heavy (non-hydrogen) atoms. The van der Waals surface area contributed by atoms with Gasteiger partial charge in [-0.15, -0.1) is 23.1 Å². The van der Waals surface area contributed by atoms with Crippen molar-refractivity contribution in [3.8, 4) is 0 Å². The number of fused-ring (bicyclic) bond motifs is 1. The van der Waals surface area contributed by atoms with Gasteiger partial charge in [0.15, 0.2) is 0 Å². The third kappa shape index (κ3) is 4.17. The molecule has 0 bridgehead atoms. The minimum atomic E-state index is -1.33. The molecular formula is C18H22N2O6S2. The van der Waals surface area contributed by atoms with E-state index in [1.54, 1.807) is 0 Å². The number of nitrogens with one attached hydrogen (secondary N) is 1. The van der Waals surface area contributed by atoms with E-state index in [0.29, 0.717) is 6.42 Å². The molecule has 3 atom stereocenters. The minimum absolute atomic E-state index is 0.0322. The highest BCUT2D eigenvalue weighted by Gasteiger charge is 2.57. The maximum atomic E-state index is 12.5. The molecule has 3 heterocycles. The van der Waals surface area contributed by atoms with Crippen molar-refractivity contribution in [2.24, 2.45) is 5.41 Å². The molecule has 152 valence electrons. The van der Waals surface area contributed by atoms with Crippen molar-refractivity contribution < 1.29 is 29.0 Å². The summed E-state index contributed by atoms with van der Waals surface area (Å²) >= 11 is 2.77. The highest BCUT2D eigenvalue weighted by molar-refractivity contribution is 8.00. The molecule has 2 fully saturated rings. The van der Waals surface area contributed by atoms with E-state index >= 15 is 0 Å². The lowest BCUT2D eigenvalue weighted by atomic mass is 9.88. The standard InChI is InChI=1S/C18H22N2O6S2/c1-2-4-13(22)26-9-18(17(24)25)8-20-15(23)14(16(20)28-10-18)19-12(21)7-11-5-3-6-27-11/h3,5-6,14,16H,2,4,7-10H2,1H3,(H,19,21)(H,24,25)/t14?,16-,18?/m1/s1. The zero-order valence-electron chi connectivity index (χ0n) is 15.4. The van der Waals surface area contributed by atoms with Gasteiger partial charge in [0, 0.05) is 23.6 Å². The first-order valence-corrected chi connectivity index (χ1v) is 10.9. The Hall–Kier alpha value is -2.07. The Morgan fingerprint density at radius 1 is 1.43 bits per heavy atom. The van der Waals surface area contributed by atoms with Gasteiger partial charge in [0.05, 0.1) is 6.42 Å². The number of carbonyl (C=O) groups is 4. The van der Waals surface area contributed by atoms with Crippen LogP contribution >= 0.6 is 23.1 Å². The number of thioether (sulfide) groups is 1. The van der Waals surface area contributed by atoms with E-state index in [2.05, 4.69) is 5.32 Å². The third-order valence-electron chi connectivity index (χ3n) is 4.79. The first kappa shape index (κ1) is 20.7. The number of aliphatic carboxylic acids is 1. The predicted octanol–water partition coefficient (Wildman–Crippen LogP) is 1.10. The highest BCUT2D eigenvalue weighted by Crippen LogP contribution is 2.42. The molecule has 1 aromatic rings. The summed E-state index contributed by atoms with van der Waals surface area (Å²) in [6, 6.07) is 3.07. The normalized spacial score (nSPS) is 26.2. The van der Waals surface area contributed by atoms with Crippen LogP contribution in [-0.2, 0) is 30.3 Å². The van der Waals surface area contributed by atoms with Gasteiger partial charge in [-0.05, 0) is 17.9 Å². The van der Waals surface area contributed by atoms with Gasteiger partial charge < -0.3 is 20.1 Å². The van der Waals surface area contributed by atoms with Crippen LogP contribution in [0.3, 0.4) is 0 Å². The summed E-state index contributed by atoms with van der Waals surface area (Å²) in [7, 11) is 0. The van der Waals surface area contributed by atoms with E-state index in [9.17, 15) is 24.3 Å². The SMILES string of the molecule is CCCC(=O)OCC1(C(=O)O)CS[C@@H]2C(NC(=O)Cc3cccs3)C(=O)N2C1. The molecule has 0 aromatic carbocycles. The van der Waals surface area contributed by atoms with Crippen LogP contribution in [0.4, 0.5) is 0 Å². The number of carbonyl (C=O) groups excluding carboxylic acids is 3. The Morgan fingerprint density at radius 2 is 2.21 bits per heavy atom. The molecule has 0 spiro atoms. The number of esters is 1. The Balaban J connectivity index is 1.58. The Labute approximate surface area is 170 Å². The van der Waals surface area contributed by atoms with Crippen molar-refractivity contribution in [3.63, 3.8) is 0 Å². The van der Waals surface area contributed by atoms with Crippen LogP contribution in [-0.4, -0.2) is 64.1 Å². The number of hydrogen-bond donors (Lipinski definition) is 2. The van der Waals surface area contributed by atoms with E-state index in [1.807, 2.05) is 24.4 Å². The minimum Gasteiger partial charge on any atom is -0.481 e. The van der Waals surface area contributed by atoms with Gasteiger partial charge in [0.2, 0.25) is 11.8 Å². The number of carboxylic acid groups (broad SMARTS) is 1.